The quantitative estimate of drug-likeness (QED) is 0.588. The smallest absolute Gasteiger partial charge is 0.417 e. The summed E-state index contributed by atoms with van der Waals surface area (Å²) in [4.78, 5) is 19.2. The molecule has 2 N–H and O–H groups in total. The standard InChI is InChI=1S/C22H24F3N5O2/c1-12(2)26-19-18-15(22(23,24)25)11-16(27-20(18)29-28-19)17-8-5-9-30(17)21(31)13-6-4-7-14(10-13)32-3/h4,6-7,10-12,17H,5,8-9H2,1-3H3,(H2,26,27,28,29)/t17-/m1/s1. The summed E-state index contributed by atoms with van der Waals surface area (Å²) in [5.41, 5.74) is -0.176. The van der Waals surface area contributed by atoms with Crippen molar-refractivity contribution in [1.82, 2.24) is 20.1 Å². The number of aromatic amines is 1. The number of anilines is 1. The van der Waals surface area contributed by atoms with Crippen LogP contribution in [0.25, 0.3) is 11.0 Å². The Morgan fingerprint density at radius 2 is 2.09 bits per heavy atom. The summed E-state index contributed by atoms with van der Waals surface area (Å²) < 4.78 is 47.2. The minimum absolute atomic E-state index is 0.0404. The second kappa shape index (κ2) is 8.33. The number of nitrogens with one attached hydrogen (secondary N) is 2. The third-order valence-corrected chi connectivity index (χ3v) is 5.45. The van der Waals surface area contributed by atoms with Gasteiger partial charge in [0.1, 0.15) is 5.75 Å². The van der Waals surface area contributed by atoms with Gasteiger partial charge in [0.15, 0.2) is 11.5 Å². The number of likely N-dealkylation sites (tertiary alicyclic amines) is 1. The SMILES string of the molecule is COc1cccc(C(=O)N2CCC[C@@H]2c2cc(C(F)(F)F)c3c(NC(C)C)n[nH]c3n2)c1. The van der Waals surface area contributed by atoms with Crippen molar-refractivity contribution < 1.29 is 22.7 Å². The van der Waals surface area contributed by atoms with Gasteiger partial charge in [-0.2, -0.15) is 18.3 Å². The number of H-pyrrole nitrogens is 1. The Hall–Kier alpha value is -3.30. The third-order valence-electron chi connectivity index (χ3n) is 5.45. The zero-order valence-electron chi connectivity index (χ0n) is 18.0. The number of fused-ring (bicyclic) bond motifs is 1. The number of rotatable bonds is 5. The molecule has 0 radical (unpaired) electrons. The number of nitrogens with zero attached hydrogens (tertiary/aromatic N) is 3. The van der Waals surface area contributed by atoms with Crippen molar-refractivity contribution in [2.75, 3.05) is 19.0 Å². The summed E-state index contributed by atoms with van der Waals surface area (Å²) >= 11 is 0. The van der Waals surface area contributed by atoms with E-state index >= 15 is 0 Å². The van der Waals surface area contributed by atoms with Crippen molar-refractivity contribution >= 4 is 22.8 Å². The molecule has 0 bridgehead atoms. The zero-order valence-corrected chi connectivity index (χ0v) is 18.0. The summed E-state index contributed by atoms with van der Waals surface area (Å²) in [7, 11) is 1.51. The number of hydrogen-bond donors (Lipinski definition) is 2. The zero-order chi connectivity index (χ0) is 23.0. The van der Waals surface area contributed by atoms with E-state index in [1.807, 2.05) is 13.8 Å². The van der Waals surface area contributed by atoms with Gasteiger partial charge in [-0.3, -0.25) is 9.89 Å². The molecule has 1 aromatic carbocycles. The van der Waals surface area contributed by atoms with Gasteiger partial charge in [-0.15, -0.1) is 0 Å². The molecule has 10 heteroatoms. The van der Waals surface area contributed by atoms with Gasteiger partial charge in [0.25, 0.3) is 5.91 Å². The number of pyridine rings is 1. The van der Waals surface area contributed by atoms with Crippen LogP contribution in [0.4, 0.5) is 19.0 Å². The molecule has 32 heavy (non-hydrogen) atoms. The number of alkyl halides is 3. The highest BCUT2D eigenvalue weighted by atomic mass is 19.4. The van der Waals surface area contributed by atoms with Gasteiger partial charge in [-0.25, -0.2) is 4.98 Å². The topological polar surface area (TPSA) is 83.1 Å². The highest BCUT2D eigenvalue weighted by Gasteiger charge is 2.38. The number of aromatic nitrogens is 3. The van der Waals surface area contributed by atoms with Crippen LogP contribution < -0.4 is 10.1 Å². The largest absolute Gasteiger partial charge is 0.497 e. The molecule has 2 aromatic heterocycles. The van der Waals surface area contributed by atoms with E-state index in [2.05, 4.69) is 20.5 Å². The predicted octanol–water partition coefficient (Wildman–Crippen LogP) is 4.78. The maximum atomic E-state index is 14.0. The van der Waals surface area contributed by atoms with E-state index in [0.717, 1.165) is 6.07 Å². The van der Waals surface area contributed by atoms with Gasteiger partial charge >= 0.3 is 6.18 Å². The highest BCUT2D eigenvalue weighted by Crippen LogP contribution is 2.41. The van der Waals surface area contributed by atoms with E-state index in [0.29, 0.717) is 30.7 Å². The van der Waals surface area contributed by atoms with Crippen LogP contribution in [0.3, 0.4) is 0 Å². The number of halogens is 3. The Morgan fingerprint density at radius 1 is 1.31 bits per heavy atom. The summed E-state index contributed by atoms with van der Waals surface area (Å²) in [5.74, 6) is 0.374. The first kappa shape index (κ1) is 21.9. The van der Waals surface area contributed by atoms with Crippen molar-refractivity contribution in [3.05, 3.63) is 47.2 Å². The van der Waals surface area contributed by atoms with Crippen LogP contribution in [0.5, 0.6) is 5.75 Å². The molecule has 1 atom stereocenters. The van der Waals surface area contributed by atoms with Gasteiger partial charge in [-0.05, 0) is 51.0 Å². The van der Waals surface area contributed by atoms with Gasteiger partial charge in [0, 0.05) is 18.2 Å². The molecule has 3 aromatic rings. The summed E-state index contributed by atoms with van der Waals surface area (Å²) in [5, 5.41) is 9.45. The van der Waals surface area contributed by atoms with E-state index < -0.39 is 17.8 Å². The maximum Gasteiger partial charge on any atom is 0.417 e. The normalized spacial score (nSPS) is 16.7. The van der Waals surface area contributed by atoms with Gasteiger partial charge in [-0.1, -0.05) is 6.07 Å². The summed E-state index contributed by atoms with van der Waals surface area (Å²) in [6.07, 6.45) is -3.41. The fourth-order valence-corrected chi connectivity index (χ4v) is 4.06. The average Bonchev–Trinajstić information content (AvgIpc) is 3.39. The highest BCUT2D eigenvalue weighted by molar-refractivity contribution is 5.95. The van der Waals surface area contributed by atoms with Crippen LogP contribution in [0, 0.1) is 0 Å². The molecular weight excluding hydrogens is 423 g/mol. The molecule has 4 rings (SSSR count). The maximum absolute atomic E-state index is 14.0. The Kier molecular flexibility index (Phi) is 5.70. The van der Waals surface area contributed by atoms with Crippen molar-refractivity contribution in [2.24, 2.45) is 0 Å². The molecule has 7 nitrogen and oxygen atoms in total. The molecule has 0 saturated carbocycles. The lowest BCUT2D eigenvalue weighted by Gasteiger charge is -2.25. The van der Waals surface area contributed by atoms with Crippen molar-refractivity contribution in [2.45, 2.75) is 44.9 Å². The predicted molar refractivity (Wildman–Crippen MR) is 114 cm³/mol. The average molecular weight is 447 g/mol. The minimum Gasteiger partial charge on any atom is -0.497 e. The number of amides is 1. The number of carbonyl (C=O) groups is 1. The van der Waals surface area contributed by atoms with Crippen LogP contribution in [-0.2, 0) is 6.18 Å². The van der Waals surface area contributed by atoms with Crippen LogP contribution in [0.15, 0.2) is 30.3 Å². The van der Waals surface area contributed by atoms with Crippen LogP contribution >= 0.6 is 0 Å². The third kappa shape index (κ3) is 4.09. The fourth-order valence-electron chi connectivity index (χ4n) is 4.06. The molecule has 1 aliphatic heterocycles. The minimum atomic E-state index is -4.60. The number of ether oxygens (including phenoxy) is 1. The molecule has 1 aliphatic rings. The Labute approximate surface area is 183 Å². The molecule has 170 valence electrons. The fraction of sp³-hybridized carbons (Fsp3) is 0.409. The van der Waals surface area contributed by atoms with Gasteiger partial charge < -0.3 is 15.0 Å². The summed E-state index contributed by atoms with van der Waals surface area (Å²) in [6.45, 7) is 4.07. The monoisotopic (exact) mass is 447 g/mol. The second-order valence-electron chi connectivity index (χ2n) is 8.08. The van der Waals surface area contributed by atoms with Crippen molar-refractivity contribution in [3.63, 3.8) is 0 Å². The summed E-state index contributed by atoms with van der Waals surface area (Å²) in [6, 6.07) is 7.09. The van der Waals surface area contributed by atoms with Gasteiger partial charge in [0.2, 0.25) is 0 Å². The number of methoxy groups -OCH3 is 1. The molecule has 1 fully saturated rings. The number of carbonyl (C=O) groups excluding carboxylic acids is 1. The van der Waals surface area contributed by atoms with Crippen molar-refractivity contribution in [3.8, 4) is 5.75 Å². The Balaban J connectivity index is 1.76. The lowest BCUT2D eigenvalue weighted by atomic mass is 10.0. The molecule has 0 spiro atoms. The second-order valence-corrected chi connectivity index (χ2v) is 8.08. The van der Waals surface area contributed by atoms with E-state index in [9.17, 15) is 18.0 Å². The lowest BCUT2D eigenvalue weighted by Crippen LogP contribution is -2.31. The molecule has 1 saturated heterocycles. The molecule has 1 amide bonds. The van der Waals surface area contributed by atoms with E-state index in [-0.39, 0.29) is 34.5 Å². The Morgan fingerprint density at radius 3 is 2.78 bits per heavy atom. The van der Waals surface area contributed by atoms with Crippen LogP contribution in [0.2, 0.25) is 0 Å². The van der Waals surface area contributed by atoms with E-state index in [1.165, 1.54) is 7.11 Å². The van der Waals surface area contributed by atoms with Gasteiger partial charge in [0.05, 0.1) is 29.8 Å². The van der Waals surface area contributed by atoms with Crippen LogP contribution in [-0.4, -0.2) is 45.7 Å². The van der Waals surface area contributed by atoms with Crippen molar-refractivity contribution in [1.29, 1.82) is 0 Å². The Bertz CT molecular complexity index is 1140. The first-order valence-corrected chi connectivity index (χ1v) is 10.4. The molecule has 3 heterocycles. The van der Waals surface area contributed by atoms with E-state index in [4.69, 9.17) is 4.74 Å². The molecular formula is C22H24F3N5O2. The number of benzene rings is 1. The molecule has 0 aliphatic carbocycles. The number of hydrogen-bond acceptors (Lipinski definition) is 5. The first-order valence-electron chi connectivity index (χ1n) is 10.4. The van der Waals surface area contributed by atoms with E-state index in [1.54, 1.807) is 29.2 Å². The van der Waals surface area contributed by atoms with Crippen LogP contribution in [0.1, 0.15) is 54.3 Å². The first-order chi connectivity index (χ1) is 15.2. The lowest BCUT2D eigenvalue weighted by molar-refractivity contribution is -0.136. The molecule has 0 unspecified atom stereocenters.